The Balaban J connectivity index is 1.82. The van der Waals surface area contributed by atoms with Crippen LogP contribution >= 0.6 is 11.3 Å². The number of aryl methyl sites for hydroxylation is 3. The first-order valence-electron chi connectivity index (χ1n) is 11.6. The molecule has 0 spiro atoms. The zero-order valence-electron chi connectivity index (χ0n) is 19.5. The van der Waals surface area contributed by atoms with E-state index < -0.39 is 6.04 Å². The molecule has 33 heavy (non-hydrogen) atoms. The van der Waals surface area contributed by atoms with Gasteiger partial charge in [0, 0.05) is 23.3 Å². The van der Waals surface area contributed by atoms with Crippen LogP contribution in [0.15, 0.2) is 54.2 Å². The van der Waals surface area contributed by atoms with Crippen molar-refractivity contribution >= 4 is 28.8 Å². The Morgan fingerprint density at radius 1 is 1.09 bits per heavy atom. The molecule has 2 aromatic heterocycles. The van der Waals surface area contributed by atoms with Crippen LogP contribution < -0.4 is 10.2 Å². The third-order valence-electron chi connectivity index (χ3n) is 6.28. The van der Waals surface area contributed by atoms with E-state index in [9.17, 15) is 9.59 Å². The standard InChI is InChI=1S/C27H31N3O2S/c1-18-15-19(2)25(20(3)16-18)30(24(31)17-23-9-6-14-33-23)26(21-10-12-28-13-11-21)27(32)29-22-7-4-5-8-22/h6,9-16,22,26H,4-5,7-8,17H2,1-3H3,(H,29,32). The van der Waals surface area contributed by atoms with Crippen molar-refractivity contribution < 1.29 is 9.59 Å². The SMILES string of the molecule is Cc1cc(C)c(N(C(=O)Cc2cccs2)C(C(=O)NC2CCCC2)c2ccncc2)c(C)c1. The van der Waals surface area contributed by atoms with Gasteiger partial charge in [-0.15, -0.1) is 11.3 Å². The molecule has 1 aromatic carbocycles. The molecule has 1 N–H and O–H groups in total. The summed E-state index contributed by atoms with van der Waals surface area (Å²) in [6.45, 7) is 6.08. The van der Waals surface area contributed by atoms with E-state index in [2.05, 4.69) is 29.4 Å². The Morgan fingerprint density at radius 3 is 2.36 bits per heavy atom. The van der Waals surface area contributed by atoms with Crippen LogP contribution in [0.2, 0.25) is 0 Å². The monoisotopic (exact) mass is 461 g/mol. The van der Waals surface area contributed by atoms with Crippen molar-refractivity contribution in [3.63, 3.8) is 0 Å². The maximum Gasteiger partial charge on any atom is 0.248 e. The fourth-order valence-corrected chi connectivity index (χ4v) is 5.61. The number of pyridine rings is 1. The summed E-state index contributed by atoms with van der Waals surface area (Å²) in [5.41, 5.74) is 4.68. The minimum atomic E-state index is -0.763. The predicted molar refractivity (Wildman–Crippen MR) is 134 cm³/mol. The maximum atomic E-state index is 13.9. The Hall–Kier alpha value is -2.99. The Bertz CT molecular complexity index is 1080. The number of thiophene rings is 1. The van der Waals surface area contributed by atoms with E-state index in [1.54, 1.807) is 28.6 Å². The van der Waals surface area contributed by atoms with Crippen molar-refractivity contribution in [1.29, 1.82) is 0 Å². The van der Waals surface area contributed by atoms with Crippen LogP contribution in [0.1, 0.15) is 58.9 Å². The number of rotatable bonds is 7. The van der Waals surface area contributed by atoms with Crippen LogP contribution in [0.25, 0.3) is 0 Å². The van der Waals surface area contributed by atoms with Crippen molar-refractivity contribution in [3.05, 3.63) is 81.3 Å². The topological polar surface area (TPSA) is 62.3 Å². The molecule has 0 radical (unpaired) electrons. The molecule has 0 saturated heterocycles. The minimum Gasteiger partial charge on any atom is -0.351 e. The summed E-state index contributed by atoms with van der Waals surface area (Å²) in [7, 11) is 0. The summed E-state index contributed by atoms with van der Waals surface area (Å²) in [5, 5.41) is 5.22. The first-order chi connectivity index (χ1) is 15.9. The van der Waals surface area contributed by atoms with Gasteiger partial charge < -0.3 is 5.32 Å². The average Bonchev–Trinajstić information content (AvgIpc) is 3.47. The molecule has 2 heterocycles. The number of amides is 2. The number of aromatic nitrogens is 1. The van der Waals surface area contributed by atoms with E-state index in [1.165, 1.54) is 0 Å². The molecule has 1 aliphatic carbocycles. The molecule has 1 saturated carbocycles. The van der Waals surface area contributed by atoms with Crippen molar-refractivity contribution in [2.75, 3.05) is 4.90 Å². The third-order valence-corrected chi connectivity index (χ3v) is 7.16. The first kappa shape index (κ1) is 23.2. The highest BCUT2D eigenvalue weighted by Crippen LogP contribution is 2.35. The number of anilines is 1. The maximum absolute atomic E-state index is 13.9. The van der Waals surface area contributed by atoms with Crippen LogP contribution in [0.4, 0.5) is 5.69 Å². The largest absolute Gasteiger partial charge is 0.351 e. The average molecular weight is 462 g/mol. The number of nitrogens with zero attached hydrogens (tertiary/aromatic N) is 2. The first-order valence-corrected chi connectivity index (χ1v) is 12.4. The molecular weight excluding hydrogens is 430 g/mol. The van der Waals surface area contributed by atoms with Crippen molar-refractivity contribution in [1.82, 2.24) is 10.3 Å². The molecule has 0 aliphatic heterocycles. The molecule has 2 amide bonds. The molecular formula is C27H31N3O2S. The second-order valence-corrected chi connectivity index (χ2v) is 9.97. The van der Waals surface area contributed by atoms with Gasteiger partial charge in [0.2, 0.25) is 11.8 Å². The van der Waals surface area contributed by atoms with E-state index in [-0.39, 0.29) is 24.3 Å². The van der Waals surface area contributed by atoms with Crippen molar-refractivity contribution in [2.24, 2.45) is 0 Å². The normalized spacial score (nSPS) is 14.8. The summed E-state index contributed by atoms with van der Waals surface area (Å²) in [6.07, 6.45) is 7.85. The second kappa shape index (κ2) is 10.3. The summed E-state index contributed by atoms with van der Waals surface area (Å²) in [5.74, 6) is -0.220. The fraction of sp³-hybridized carbons (Fsp3) is 0.370. The Kier molecular flexibility index (Phi) is 7.23. The van der Waals surface area contributed by atoms with E-state index in [0.29, 0.717) is 0 Å². The summed E-state index contributed by atoms with van der Waals surface area (Å²) in [6, 6.07) is 11.1. The van der Waals surface area contributed by atoms with Crippen LogP contribution in [0.5, 0.6) is 0 Å². The molecule has 4 rings (SSSR count). The molecule has 1 unspecified atom stereocenters. The zero-order valence-corrected chi connectivity index (χ0v) is 20.3. The molecule has 6 heteroatoms. The predicted octanol–water partition coefficient (Wildman–Crippen LogP) is 5.44. The highest BCUT2D eigenvalue weighted by molar-refractivity contribution is 7.10. The quantitative estimate of drug-likeness (QED) is 0.509. The third kappa shape index (κ3) is 5.33. The van der Waals surface area contributed by atoms with Gasteiger partial charge >= 0.3 is 0 Å². The van der Waals surface area contributed by atoms with E-state index in [0.717, 1.165) is 58.5 Å². The van der Waals surface area contributed by atoms with Crippen molar-refractivity contribution in [2.45, 2.75) is 65.0 Å². The number of carbonyl (C=O) groups is 2. The van der Waals surface area contributed by atoms with Crippen LogP contribution in [0.3, 0.4) is 0 Å². The molecule has 1 atom stereocenters. The number of benzene rings is 1. The van der Waals surface area contributed by atoms with Gasteiger partial charge in [0.05, 0.1) is 12.1 Å². The lowest BCUT2D eigenvalue weighted by atomic mass is 9.98. The zero-order chi connectivity index (χ0) is 23.4. The fourth-order valence-electron chi connectivity index (χ4n) is 4.91. The van der Waals surface area contributed by atoms with E-state index in [1.807, 2.05) is 43.5 Å². The van der Waals surface area contributed by atoms with Crippen LogP contribution in [-0.4, -0.2) is 22.8 Å². The molecule has 0 bridgehead atoms. The summed E-state index contributed by atoms with van der Waals surface area (Å²) < 4.78 is 0. The lowest BCUT2D eigenvalue weighted by Gasteiger charge is -2.34. The molecule has 1 fully saturated rings. The van der Waals surface area contributed by atoms with Crippen LogP contribution in [-0.2, 0) is 16.0 Å². The van der Waals surface area contributed by atoms with Gasteiger partial charge in [0.15, 0.2) is 0 Å². The van der Waals surface area contributed by atoms with Crippen molar-refractivity contribution in [3.8, 4) is 0 Å². The summed E-state index contributed by atoms with van der Waals surface area (Å²) in [4.78, 5) is 34.5. The van der Waals surface area contributed by atoms with Gasteiger partial charge in [-0.1, -0.05) is 36.6 Å². The lowest BCUT2D eigenvalue weighted by molar-refractivity contribution is -0.127. The van der Waals surface area contributed by atoms with Crippen LogP contribution in [0, 0.1) is 20.8 Å². The van der Waals surface area contributed by atoms with Gasteiger partial charge in [-0.2, -0.15) is 0 Å². The van der Waals surface area contributed by atoms with E-state index in [4.69, 9.17) is 0 Å². The van der Waals surface area contributed by atoms with Gasteiger partial charge in [-0.25, -0.2) is 0 Å². The second-order valence-electron chi connectivity index (χ2n) is 8.94. The minimum absolute atomic E-state index is 0.0871. The lowest BCUT2D eigenvalue weighted by Crippen LogP contribution is -2.47. The number of hydrogen-bond donors (Lipinski definition) is 1. The van der Waals surface area contributed by atoms with Gasteiger partial charge in [-0.3, -0.25) is 19.5 Å². The molecule has 5 nitrogen and oxygen atoms in total. The smallest absolute Gasteiger partial charge is 0.248 e. The summed E-state index contributed by atoms with van der Waals surface area (Å²) >= 11 is 1.56. The Morgan fingerprint density at radius 2 is 1.76 bits per heavy atom. The Labute approximate surface area is 199 Å². The highest BCUT2D eigenvalue weighted by atomic mass is 32.1. The van der Waals surface area contributed by atoms with E-state index >= 15 is 0 Å². The number of carbonyl (C=O) groups excluding carboxylic acids is 2. The molecule has 3 aromatic rings. The molecule has 1 aliphatic rings. The number of nitrogens with one attached hydrogen (secondary N) is 1. The molecule has 172 valence electrons. The highest BCUT2D eigenvalue weighted by Gasteiger charge is 2.35. The van der Waals surface area contributed by atoms with Gasteiger partial charge in [0.1, 0.15) is 6.04 Å². The number of hydrogen-bond acceptors (Lipinski definition) is 4. The van der Waals surface area contributed by atoms with Gasteiger partial charge in [0.25, 0.3) is 0 Å². The van der Waals surface area contributed by atoms with Gasteiger partial charge in [-0.05, 0) is 73.9 Å².